The van der Waals surface area contributed by atoms with Crippen LogP contribution in [0.3, 0.4) is 0 Å². The highest BCUT2D eigenvalue weighted by Crippen LogP contribution is 2.31. The number of hydrogen-bond acceptors (Lipinski definition) is 16. The molecular formula is C84H73Cl14F4N11O8. The van der Waals surface area contributed by atoms with E-state index in [0.717, 1.165) is 33.4 Å². The molecule has 2 amide bonds. The Bertz CT molecular complexity index is 5470. The van der Waals surface area contributed by atoms with Gasteiger partial charge in [-0.2, -0.15) is 4.73 Å². The van der Waals surface area contributed by atoms with Crippen LogP contribution in [0.4, 0.5) is 22.4 Å². The van der Waals surface area contributed by atoms with Crippen LogP contribution in [-0.2, 0) is 60.7 Å². The predicted octanol–water partition coefficient (Wildman–Crippen LogP) is 24.2. The highest BCUT2D eigenvalue weighted by molar-refractivity contribution is 6.35. The molecule has 121 heavy (non-hydrogen) atoms. The average molecular weight is 1940 g/mol. The van der Waals surface area contributed by atoms with Crippen LogP contribution in [0, 0.1) is 49.2 Å². The zero-order valence-electron chi connectivity index (χ0n) is 65.1. The molecule has 638 valence electrons. The molecule has 0 bridgehead atoms. The number of methoxy groups -OCH3 is 2. The van der Waals surface area contributed by atoms with Crippen molar-refractivity contribution in [2.24, 2.45) is 11.5 Å². The number of esters is 2. The summed E-state index contributed by atoms with van der Waals surface area (Å²) in [5.74, 6) is -3.14. The number of aromatic nitrogens is 8. The van der Waals surface area contributed by atoms with Crippen LogP contribution in [0.5, 0.6) is 0 Å². The molecule has 0 aliphatic rings. The van der Waals surface area contributed by atoms with Gasteiger partial charge in [-0.25, -0.2) is 57.2 Å². The second-order valence-corrected chi connectivity index (χ2v) is 31.5. The minimum atomic E-state index is -0.543. The maximum atomic E-state index is 13.3. The van der Waals surface area contributed by atoms with Crippen molar-refractivity contribution < 1.29 is 55.7 Å². The van der Waals surface area contributed by atoms with Gasteiger partial charge in [-0.1, -0.05) is 151 Å². The zero-order valence-corrected chi connectivity index (χ0v) is 75.7. The summed E-state index contributed by atoms with van der Waals surface area (Å²) in [4.78, 5) is 72.7. The summed E-state index contributed by atoms with van der Waals surface area (Å²) < 4.78 is 67.5. The van der Waals surface area contributed by atoms with Crippen molar-refractivity contribution in [1.82, 2.24) is 40.2 Å². The van der Waals surface area contributed by atoms with Gasteiger partial charge in [0, 0.05) is 47.1 Å². The van der Waals surface area contributed by atoms with Gasteiger partial charge < -0.3 is 36.2 Å². The standard InChI is InChI=1S/C18H19Cl2FN2O2.C14H10Cl2FNO2.C13H9Cl2FN2O.C13H11Cl2FN2.C8H7Cl2NO2.C6H5Cl2N.C6H6ClNO.C6H6ClN/c1-18(2,3)25-17(24)22-7-6-11-8-15(23-16(20)9-11)12-4-5-14(21)13(19)10-12;1-20-14(19)6-8-4-12(18-13(16)5-8)9-2-3-11(17)10(15)7-9;14-9-6-8(1-2-10(9)16)11-3-7(5-13(17)19)4-12(15)18-11;14-10-7-9(1-2-11(10)16)12-5-8(3-4-17)6-13(15)18-12;1-13-8(12)4-5-2-6(9)11-7(10)3-5;1-4-2-5(7)9-6(8)3-4;1-5-2-3-8(9)6(7)4-5;1-5-2-3-8-6(7)4-5/h4-5,8-10H,6-7H2,1-3H3,(H,22,24);2-5,7H,6H2,1H3;1-4,6H,5H2,(H2,17,19);1-2,5-7H,3-4,17H2;2-3H,4H2,1H3;2-3H,1H3;2-4H,1H3;2-4H,1H3. The molecule has 37 heteroatoms. The van der Waals surface area contributed by atoms with E-state index in [1.165, 1.54) is 75.0 Å². The maximum absolute atomic E-state index is 13.3. The molecule has 0 spiro atoms. The van der Waals surface area contributed by atoms with Gasteiger partial charge in [-0.3, -0.25) is 14.4 Å². The molecule has 12 aromatic rings. The number of hydrogen-bond donors (Lipinski definition) is 3. The van der Waals surface area contributed by atoms with Crippen LogP contribution < -0.4 is 21.5 Å². The Labute approximate surface area is 765 Å². The van der Waals surface area contributed by atoms with Gasteiger partial charge in [0.2, 0.25) is 5.91 Å². The van der Waals surface area contributed by atoms with E-state index in [0.29, 0.717) is 113 Å². The van der Waals surface area contributed by atoms with Crippen molar-refractivity contribution in [3.05, 3.63) is 327 Å². The molecule has 8 aromatic heterocycles. The smallest absolute Gasteiger partial charge is 0.407 e. The Hall–Kier alpha value is -8.70. The number of nitrogens with one attached hydrogen (secondary N) is 1. The van der Waals surface area contributed by atoms with Gasteiger partial charge in [-0.15, -0.1) is 0 Å². The summed E-state index contributed by atoms with van der Waals surface area (Å²) in [6, 6.07) is 44.7. The highest BCUT2D eigenvalue weighted by atomic mass is 35.5. The topological polar surface area (TPSA) is 277 Å². The number of primary amides is 1. The average Bonchev–Trinajstić information content (AvgIpc) is 0.858. The lowest BCUT2D eigenvalue weighted by Crippen LogP contribution is -2.33. The van der Waals surface area contributed by atoms with Crippen molar-refractivity contribution in [1.29, 1.82) is 0 Å². The van der Waals surface area contributed by atoms with E-state index in [1.54, 1.807) is 118 Å². The van der Waals surface area contributed by atoms with Crippen molar-refractivity contribution in [2.45, 2.75) is 79.2 Å². The van der Waals surface area contributed by atoms with Crippen molar-refractivity contribution in [2.75, 3.05) is 27.3 Å². The Morgan fingerprint density at radius 2 is 0.736 bits per heavy atom. The maximum Gasteiger partial charge on any atom is 0.407 e. The first-order chi connectivity index (χ1) is 57.0. The SMILES string of the molecule is CC(C)(C)OC(=O)NCCc1cc(Cl)nc(-c2ccc(F)c(Cl)c2)c1.COC(=O)Cc1cc(Cl)nc(-c2ccc(F)c(Cl)c2)c1.COC(=O)Cc1cc(Cl)nc(Cl)c1.Cc1cc(Cl)nc(Cl)c1.Cc1cc[n+]([O-])c(Cl)c1.Cc1ccnc(Cl)c1.NC(=O)Cc1cc(Cl)nc(-c2ccc(F)c(Cl)c2)c1.NCCc1cc(Cl)nc(-c2ccc(F)c(Cl)c2)c1. The van der Waals surface area contributed by atoms with E-state index in [1.807, 2.05) is 45.0 Å². The summed E-state index contributed by atoms with van der Waals surface area (Å²) in [6.07, 6.45) is 4.16. The first-order valence-electron chi connectivity index (χ1n) is 35.1. The molecule has 0 saturated heterocycles. The lowest BCUT2D eigenvalue weighted by molar-refractivity contribution is -0.603. The Balaban J connectivity index is 0.000000252. The fourth-order valence-corrected chi connectivity index (χ4v) is 12.8. The van der Waals surface area contributed by atoms with Crippen molar-refractivity contribution >= 4 is 186 Å². The lowest BCUT2D eigenvalue weighted by atomic mass is 10.1. The van der Waals surface area contributed by atoms with Gasteiger partial charge in [0.1, 0.15) is 75.2 Å². The summed E-state index contributed by atoms with van der Waals surface area (Å²) in [5, 5.41) is 16.7. The number of aryl methyl sites for hydroxylation is 3. The van der Waals surface area contributed by atoms with E-state index < -0.39 is 40.9 Å². The Morgan fingerprint density at radius 3 is 1.04 bits per heavy atom. The van der Waals surface area contributed by atoms with Crippen LogP contribution in [0.1, 0.15) is 65.3 Å². The molecule has 5 N–H and O–H groups in total. The minimum Gasteiger partial charge on any atom is -0.618 e. The fraction of sp³-hybridized carbons (Fsp3) is 0.190. The van der Waals surface area contributed by atoms with Gasteiger partial charge in [0.25, 0.3) is 5.15 Å². The third kappa shape index (κ3) is 39.1. The largest absolute Gasteiger partial charge is 0.618 e. The van der Waals surface area contributed by atoms with E-state index in [2.05, 4.69) is 49.7 Å². The molecule has 0 aliphatic heterocycles. The third-order valence-electron chi connectivity index (χ3n) is 15.0. The van der Waals surface area contributed by atoms with Gasteiger partial charge >= 0.3 is 18.0 Å². The first-order valence-corrected chi connectivity index (χ1v) is 40.4. The Morgan fingerprint density at radius 1 is 0.413 bits per heavy atom. The number of amides is 2. The van der Waals surface area contributed by atoms with Crippen LogP contribution in [0.15, 0.2) is 182 Å². The highest BCUT2D eigenvalue weighted by Gasteiger charge is 2.18. The van der Waals surface area contributed by atoms with Crippen LogP contribution in [0.25, 0.3) is 45.0 Å². The molecule has 12 rings (SSSR count). The second kappa shape index (κ2) is 51.4. The molecular weight excluding hydrogens is 1860 g/mol. The summed E-state index contributed by atoms with van der Waals surface area (Å²) in [5.41, 5.74) is 22.0. The predicted molar refractivity (Wildman–Crippen MR) is 476 cm³/mol. The second-order valence-electron chi connectivity index (χ2n) is 26.0. The summed E-state index contributed by atoms with van der Waals surface area (Å²) in [6.45, 7) is 12.1. The van der Waals surface area contributed by atoms with Gasteiger partial charge in [0.15, 0.2) is 6.20 Å². The Kier molecular flexibility index (Phi) is 43.7. The molecule has 0 aliphatic carbocycles. The fourth-order valence-electron chi connectivity index (χ4n) is 9.63. The van der Waals surface area contributed by atoms with E-state index in [4.69, 9.17) is 179 Å². The number of benzene rings is 4. The van der Waals surface area contributed by atoms with Crippen LogP contribution in [-0.4, -0.2) is 91.7 Å². The first kappa shape index (κ1) is 103. The number of carbonyl (C=O) groups is 4. The van der Waals surface area contributed by atoms with E-state index in [9.17, 15) is 41.9 Å². The minimum absolute atomic E-state index is 0.00112. The molecule has 4 aromatic carbocycles. The number of nitrogens with two attached hydrogens (primary N) is 2. The number of nitrogens with zero attached hydrogens (tertiary/aromatic N) is 8. The van der Waals surface area contributed by atoms with Crippen molar-refractivity contribution in [3.63, 3.8) is 0 Å². The zero-order chi connectivity index (χ0) is 90.0. The third-order valence-corrected chi connectivity index (χ3v) is 18.2. The molecule has 0 radical (unpaired) electrons. The number of ether oxygens (including phenoxy) is 3. The molecule has 19 nitrogen and oxygen atoms in total. The van der Waals surface area contributed by atoms with Gasteiger partial charge in [-0.05, 0) is 275 Å². The molecule has 0 atom stereocenters. The number of alkyl carbamates (subject to hydrolysis) is 1. The monoisotopic (exact) mass is 1930 g/mol. The van der Waals surface area contributed by atoms with Gasteiger partial charge in [0.05, 0.1) is 76.3 Å². The lowest BCUT2D eigenvalue weighted by Gasteiger charge is -2.19. The summed E-state index contributed by atoms with van der Waals surface area (Å²) in [7, 11) is 2.64. The van der Waals surface area contributed by atoms with Crippen molar-refractivity contribution in [3.8, 4) is 45.0 Å². The molecule has 0 fully saturated rings. The molecule has 0 unspecified atom stereocenters. The summed E-state index contributed by atoms with van der Waals surface area (Å²) >= 11 is 80.2. The van der Waals surface area contributed by atoms with E-state index >= 15 is 0 Å². The number of carbonyl (C=O) groups excluding carboxylic acids is 4. The number of rotatable bonds is 15. The number of pyridine rings is 8. The van der Waals surface area contributed by atoms with E-state index in [-0.39, 0.29) is 77.1 Å². The number of halogens is 18. The normalized spacial score (nSPS) is 10.4. The quantitative estimate of drug-likeness (QED) is 0.0215. The molecule has 8 heterocycles. The van der Waals surface area contributed by atoms with Crippen LogP contribution in [0.2, 0.25) is 71.6 Å². The molecule has 0 saturated carbocycles. The van der Waals surface area contributed by atoms with Crippen LogP contribution >= 0.6 is 162 Å².